The van der Waals surface area contributed by atoms with Crippen LogP contribution in [-0.2, 0) is 14.3 Å². The van der Waals surface area contributed by atoms with Gasteiger partial charge in [0, 0.05) is 0 Å². The number of hydrogen-bond acceptors (Lipinski definition) is 6. The number of unbranched alkanes of at least 4 members (excludes halogenated alkanes) is 1. The van der Waals surface area contributed by atoms with E-state index >= 15 is 0 Å². The van der Waals surface area contributed by atoms with Gasteiger partial charge in [0.05, 0.1) is 12.3 Å². The zero-order chi connectivity index (χ0) is 25.1. The first-order chi connectivity index (χ1) is 16.9. The van der Waals surface area contributed by atoms with Crippen molar-refractivity contribution in [3.8, 4) is 17.6 Å². The minimum Gasteiger partial charge on any atom is -0.489 e. The van der Waals surface area contributed by atoms with Gasteiger partial charge in [-0.05, 0) is 87.1 Å². The molecule has 0 saturated heterocycles. The van der Waals surface area contributed by atoms with Crippen LogP contribution in [0.1, 0.15) is 89.0 Å². The highest BCUT2D eigenvalue weighted by Gasteiger charge is 2.33. The van der Waals surface area contributed by atoms with Crippen molar-refractivity contribution in [2.45, 2.75) is 89.5 Å². The van der Waals surface area contributed by atoms with Gasteiger partial charge in [0.15, 0.2) is 0 Å². The van der Waals surface area contributed by atoms with Crippen molar-refractivity contribution >= 4 is 11.9 Å². The fourth-order valence-corrected chi connectivity index (χ4v) is 5.25. The summed E-state index contributed by atoms with van der Waals surface area (Å²) < 4.78 is 11.1. The minimum atomic E-state index is -0.819. The molecule has 190 valence electrons. The SMILES string of the molecule is CC#CC(CC(=O)OC(=O)[C@@H](N)CCCCN)c1ccc(OCC2=CC3(CCCC3)CCC2)cc1. The quantitative estimate of drug-likeness (QED) is 0.156. The molecule has 1 spiro atoms. The molecule has 2 atom stereocenters. The van der Waals surface area contributed by atoms with Crippen LogP contribution in [0.4, 0.5) is 0 Å². The first-order valence-electron chi connectivity index (χ1n) is 13.0. The van der Waals surface area contributed by atoms with Crippen LogP contribution in [0.25, 0.3) is 0 Å². The maximum atomic E-state index is 12.4. The Morgan fingerprint density at radius 2 is 1.80 bits per heavy atom. The molecule has 1 aromatic carbocycles. The standard InChI is InChI=1S/C29H40N2O4/c1-2-8-24(19-27(32)35-28(33)26(31)10-3-6-18-30)23-11-13-25(14-12-23)34-21-22-9-7-17-29(20-22)15-4-5-16-29/h11-14,20,24,26H,3-7,9-10,15-19,21,30-31H2,1H3/t24?,26-/m0/s1. The highest BCUT2D eigenvalue weighted by atomic mass is 16.6. The zero-order valence-corrected chi connectivity index (χ0v) is 21.0. The van der Waals surface area contributed by atoms with Crippen molar-refractivity contribution in [1.29, 1.82) is 0 Å². The molecule has 2 aliphatic carbocycles. The maximum Gasteiger partial charge on any atom is 0.330 e. The van der Waals surface area contributed by atoms with E-state index in [0.717, 1.165) is 30.6 Å². The lowest BCUT2D eigenvalue weighted by atomic mass is 9.75. The summed E-state index contributed by atoms with van der Waals surface area (Å²) in [5.41, 5.74) is 14.0. The summed E-state index contributed by atoms with van der Waals surface area (Å²) in [4.78, 5) is 24.5. The highest BCUT2D eigenvalue weighted by molar-refractivity contribution is 5.88. The Balaban J connectivity index is 1.52. The van der Waals surface area contributed by atoms with Crippen LogP contribution < -0.4 is 16.2 Å². The zero-order valence-electron chi connectivity index (χ0n) is 21.0. The van der Waals surface area contributed by atoms with E-state index in [-0.39, 0.29) is 12.3 Å². The third kappa shape index (κ3) is 8.23. The van der Waals surface area contributed by atoms with Crippen LogP contribution in [0.3, 0.4) is 0 Å². The molecule has 2 aliphatic rings. The summed E-state index contributed by atoms with van der Waals surface area (Å²) in [6, 6.07) is 6.86. The molecule has 0 radical (unpaired) electrons. The molecule has 1 fully saturated rings. The van der Waals surface area contributed by atoms with E-state index in [0.29, 0.717) is 25.0 Å². The van der Waals surface area contributed by atoms with Gasteiger partial charge in [-0.2, -0.15) is 0 Å². The Kier molecular flexibility index (Phi) is 10.4. The predicted molar refractivity (Wildman–Crippen MR) is 138 cm³/mol. The summed E-state index contributed by atoms with van der Waals surface area (Å²) in [6.45, 7) is 2.89. The van der Waals surface area contributed by atoms with Gasteiger partial charge in [-0.15, -0.1) is 5.92 Å². The van der Waals surface area contributed by atoms with Crippen LogP contribution in [0.5, 0.6) is 5.75 Å². The Morgan fingerprint density at radius 3 is 2.49 bits per heavy atom. The van der Waals surface area contributed by atoms with Gasteiger partial charge < -0.3 is 20.9 Å². The fraction of sp³-hybridized carbons (Fsp3) is 0.586. The van der Waals surface area contributed by atoms with Crippen molar-refractivity contribution < 1.29 is 19.1 Å². The lowest BCUT2D eigenvalue weighted by molar-refractivity contribution is -0.160. The molecule has 0 heterocycles. The predicted octanol–water partition coefficient (Wildman–Crippen LogP) is 4.76. The molecule has 0 aliphatic heterocycles. The smallest absolute Gasteiger partial charge is 0.330 e. The monoisotopic (exact) mass is 480 g/mol. The van der Waals surface area contributed by atoms with E-state index in [4.69, 9.17) is 20.9 Å². The van der Waals surface area contributed by atoms with Gasteiger partial charge in [-0.3, -0.25) is 4.79 Å². The van der Waals surface area contributed by atoms with E-state index in [1.54, 1.807) is 6.92 Å². The Morgan fingerprint density at radius 1 is 1.09 bits per heavy atom. The van der Waals surface area contributed by atoms with Gasteiger partial charge in [-0.25, -0.2) is 4.79 Å². The lowest BCUT2D eigenvalue weighted by Crippen LogP contribution is -2.34. The molecular weight excluding hydrogens is 440 g/mol. The Labute approximate surface area is 209 Å². The third-order valence-corrected chi connectivity index (χ3v) is 7.16. The van der Waals surface area contributed by atoms with Gasteiger partial charge in [0.1, 0.15) is 18.4 Å². The number of nitrogens with two attached hydrogens (primary N) is 2. The molecule has 1 unspecified atom stereocenters. The largest absolute Gasteiger partial charge is 0.489 e. The normalized spacial score (nSPS) is 18.2. The number of hydrogen-bond donors (Lipinski definition) is 2. The Bertz CT molecular complexity index is 936. The minimum absolute atomic E-state index is 0.0166. The van der Waals surface area contributed by atoms with Gasteiger partial charge >= 0.3 is 11.9 Å². The molecule has 0 bridgehead atoms. The van der Waals surface area contributed by atoms with Crippen LogP contribution in [0, 0.1) is 17.3 Å². The summed E-state index contributed by atoms with van der Waals surface area (Å²) >= 11 is 0. The summed E-state index contributed by atoms with van der Waals surface area (Å²) in [5, 5.41) is 0. The van der Waals surface area contributed by atoms with Crippen LogP contribution in [0.15, 0.2) is 35.9 Å². The molecule has 6 heteroatoms. The van der Waals surface area contributed by atoms with E-state index in [2.05, 4.69) is 17.9 Å². The van der Waals surface area contributed by atoms with Gasteiger partial charge in [0.2, 0.25) is 0 Å². The molecule has 1 aromatic rings. The molecule has 0 aromatic heterocycles. The first kappa shape index (κ1) is 27.0. The van der Waals surface area contributed by atoms with Crippen LogP contribution >= 0.6 is 0 Å². The molecule has 4 N–H and O–H groups in total. The average molecular weight is 481 g/mol. The van der Waals surface area contributed by atoms with Crippen molar-refractivity contribution in [2.75, 3.05) is 13.2 Å². The van der Waals surface area contributed by atoms with E-state index in [1.165, 1.54) is 44.1 Å². The second kappa shape index (κ2) is 13.5. The van der Waals surface area contributed by atoms with Crippen molar-refractivity contribution in [2.24, 2.45) is 16.9 Å². The van der Waals surface area contributed by atoms with Crippen molar-refractivity contribution in [3.05, 3.63) is 41.5 Å². The number of carbonyl (C=O) groups is 2. The first-order valence-corrected chi connectivity index (χ1v) is 13.0. The molecule has 1 saturated carbocycles. The summed E-state index contributed by atoms with van der Waals surface area (Å²) in [7, 11) is 0. The Hall–Kier alpha value is -2.62. The lowest BCUT2D eigenvalue weighted by Gasteiger charge is -2.31. The molecule has 3 rings (SSSR count). The molecule has 6 nitrogen and oxygen atoms in total. The molecule has 0 amide bonds. The van der Waals surface area contributed by atoms with Gasteiger partial charge in [0.25, 0.3) is 0 Å². The molecule has 35 heavy (non-hydrogen) atoms. The summed E-state index contributed by atoms with van der Waals surface area (Å²) in [6.07, 6.45) is 13.4. The molecular formula is C29H40N2O4. The van der Waals surface area contributed by atoms with Crippen molar-refractivity contribution in [3.63, 3.8) is 0 Å². The van der Waals surface area contributed by atoms with E-state index < -0.39 is 18.0 Å². The second-order valence-electron chi connectivity index (χ2n) is 9.92. The maximum absolute atomic E-state index is 12.4. The van der Waals surface area contributed by atoms with Crippen LogP contribution in [0.2, 0.25) is 0 Å². The van der Waals surface area contributed by atoms with E-state index in [1.807, 2.05) is 24.3 Å². The number of allylic oxidation sites excluding steroid dienone is 1. The number of benzene rings is 1. The third-order valence-electron chi connectivity index (χ3n) is 7.16. The fourth-order valence-electron chi connectivity index (χ4n) is 5.25. The number of carbonyl (C=O) groups excluding carboxylic acids is 2. The number of rotatable bonds is 11. The highest BCUT2D eigenvalue weighted by Crippen LogP contribution is 2.47. The van der Waals surface area contributed by atoms with E-state index in [9.17, 15) is 9.59 Å². The van der Waals surface area contributed by atoms with Crippen LogP contribution in [-0.4, -0.2) is 31.1 Å². The average Bonchev–Trinajstić information content (AvgIpc) is 3.30. The second-order valence-corrected chi connectivity index (χ2v) is 9.92. The topological polar surface area (TPSA) is 105 Å². The summed E-state index contributed by atoms with van der Waals surface area (Å²) in [5.74, 6) is 5.02. The number of ether oxygens (including phenoxy) is 2. The number of esters is 2. The van der Waals surface area contributed by atoms with Crippen molar-refractivity contribution in [1.82, 2.24) is 0 Å². The van der Waals surface area contributed by atoms with Gasteiger partial charge in [-0.1, -0.05) is 43.4 Å².